The summed E-state index contributed by atoms with van der Waals surface area (Å²) in [5.41, 5.74) is 1.27. The van der Waals surface area contributed by atoms with Gasteiger partial charge in [-0.1, -0.05) is 12.1 Å². The number of rotatable bonds is 5. The summed E-state index contributed by atoms with van der Waals surface area (Å²) in [6, 6.07) is 8.18. The Labute approximate surface area is 145 Å². The molecular weight excluding hydrogens is 324 g/mol. The smallest absolute Gasteiger partial charge is 0.217 e. The Kier molecular flexibility index (Phi) is 5.79. The highest BCUT2D eigenvalue weighted by Crippen LogP contribution is 2.27. The lowest BCUT2D eigenvalue weighted by Gasteiger charge is -2.35. The minimum absolute atomic E-state index is 0.186. The average molecular weight is 353 g/mol. The van der Waals surface area contributed by atoms with E-state index in [2.05, 4.69) is 17.4 Å². The molecule has 2 aliphatic rings. The molecule has 0 atom stereocenters. The van der Waals surface area contributed by atoms with Crippen LogP contribution in [0.25, 0.3) is 0 Å². The van der Waals surface area contributed by atoms with E-state index in [-0.39, 0.29) is 5.25 Å². The normalized spacial score (nSPS) is 21.7. The molecule has 2 aliphatic heterocycles. The van der Waals surface area contributed by atoms with Gasteiger partial charge in [0.15, 0.2) is 0 Å². The molecule has 134 valence electrons. The van der Waals surface area contributed by atoms with Crippen LogP contribution in [0.15, 0.2) is 24.3 Å². The van der Waals surface area contributed by atoms with Crippen LogP contribution in [0.4, 0.5) is 0 Å². The Bertz CT molecular complexity index is 633. The van der Waals surface area contributed by atoms with Gasteiger partial charge in [-0.3, -0.25) is 0 Å². The molecule has 0 saturated carbocycles. The fourth-order valence-electron chi connectivity index (χ4n) is 3.80. The lowest BCUT2D eigenvalue weighted by Crippen LogP contribution is -2.46. The summed E-state index contributed by atoms with van der Waals surface area (Å²) in [5, 5.41) is 3.05. The Hall–Kier alpha value is -1.11. The van der Waals surface area contributed by atoms with Gasteiger partial charge < -0.3 is 10.1 Å². The molecular formula is C18H28N2O3S. The van der Waals surface area contributed by atoms with Crippen LogP contribution in [-0.4, -0.2) is 51.3 Å². The molecule has 0 bridgehead atoms. The van der Waals surface area contributed by atoms with Crippen LogP contribution >= 0.6 is 0 Å². The molecule has 2 heterocycles. The standard InChI is InChI=1S/C18H28N2O3S/c1-23-17-4-2-3-16(14-17)13-15-7-11-20(12-8-15)24(21,22)18-5-9-19-10-6-18/h2-4,14-15,18-19H,5-13H2,1H3. The second-order valence-corrected chi connectivity index (χ2v) is 9.11. The van der Waals surface area contributed by atoms with Crippen LogP contribution in [0.2, 0.25) is 0 Å². The molecule has 0 radical (unpaired) electrons. The highest BCUT2D eigenvalue weighted by molar-refractivity contribution is 7.89. The molecule has 3 rings (SSSR count). The highest BCUT2D eigenvalue weighted by atomic mass is 32.2. The third-order valence-electron chi connectivity index (χ3n) is 5.30. The minimum Gasteiger partial charge on any atom is -0.497 e. The van der Waals surface area contributed by atoms with E-state index >= 15 is 0 Å². The summed E-state index contributed by atoms with van der Waals surface area (Å²) in [7, 11) is -1.43. The van der Waals surface area contributed by atoms with Crippen molar-refractivity contribution >= 4 is 10.0 Å². The predicted octanol–water partition coefficient (Wildman–Crippen LogP) is 2.03. The van der Waals surface area contributed by atoms with E-state index in [0.717, 1.165) is 50.9 Å². The van der Waals surface area contributed by atoms with Crippen molar-refractivity contribution in [3.8, 4) is 5.75 Å². The molecule has 2 saturated heterocycles. The van der Waals surface area contributed by atoms with Crippen LogP contribution in [-0.2, 0) is 16.4 Å². The topological polar surface area (TPSA) is 58.6 Å². The first-order valence-electron chi connectivity index (χ1n) is 8.92. The van der Waals surface area contributed by atoms with Crippen molar-refractivity contribution in [3.05, 3.63) is 29.8 Å². The van der Waals surface area contributed by atoms with Crippen LogP contribution in [0.1, 0.15) is 31.2 Å². The fourth-order valence-corrected chi connectivity index (χ4v) is 5.78. The number of nitrogens with zero attached hydrogens (tertiary/aromatic N) is 1. The molecule has 1 N–H and O–H groups in total. The number of sulfonamides is 1. The third kappa shape index (κ3) is 4.10. The number of hydrogen-bond acceptors (Lipinski definition) is 4. The van der Waals surface area contributed by atoms with E-state index in [9.17, 15) is 8.42 Å². The monoisotopic (exact) mass is 352 g/mol. The van der Waals surface area contributed by atoms with Gasteiger partial charge in [0.1, 0.15) is 5.75 Å². The SMILES string of the molecule is COc1cccc(CC2CCN(S(=O)(=O)C3CCNCC3)CC2)c1. The Balaban J connectivity index is 1.55. The van der Waals surface area contributed by atoms with E-state index in [1.165, 1.54) is 5.56 Å². The lowest BCUT2D eigenvalue weighted by atomic mass is 9.91. The van der Waals surface area contributed by atoms with Crippen molar-refractivity contribution < 1.29 is 13.2 Å². The summed E-state index contributed by atoms with van der Waals surface area (Å²) in [4.78, 5) is 0. The predicted molar refractivity (Wildman–Crippen MR) is 95.8 cm³/mol. The van der Waals surface area contributed by atoms with Crippen molar-refractivity contribution in [1.29, 1.82) is 0 Å². The number of ether oxygens (including phenoxy) is 1. The van der Waals surface area contributed by atoms with Gasteiger partial charge >= 0.3 is 0 Å². The van der Waals surface area contributed by atoms with Gasteiger partial charge in [-0.25, -0.2) is 12.7 Å². The van der Waals surface area contributed by atoms with Gasteiger partial charge in [0, 0.05) is 13.1 Å². The van der Waals surface area contributed by atoms with Gasteiger partial charge in [-0.05, 0) is 68.8 Å². The van der Waals surface area contributed by atoms with E-state index in [4.69, 9.17) is 4.74 Å². The van der Waals surface area contributed by atoms with Gasteiger partial charge in [-0.2, -0.15) is 0 Å². The second-order valence-electron chi connectivity index (χ2n) is 6.89. The first kappa shape index (κ1) is 17.7. The zero-order valence-electron chi connectivity index (χ0n) is 14.4. The maximum atomic E-state index is 12.8. The molecule has 24 heavy (non-hydrogen) atoms. The van der Waals surface area contributed by atoms with Crippen molar-refractivity contribution in [2.45, 2.75) is 37.4 Å². The molecule has 0 unspecified atom stereocenters. The third-order valence-corrected chi connectivity index (χ3v) is 7.70. The second kappa shape index (κ2) is 7.85. The zero-order valence-corrected chi connectivity index (χ0v) is 15.2. The van der Waals surface area contributed by atoms with Crippen molar-refractivity contribution in [2.24, 2.45) is 5.92 Å². The first-order valence-corrected chi connectivity index (χ1v) is 10.4. The maximum absolute atomic E-state index is 12.8. The van der Waals surface area contributed by atoms with Crippen LogP contribution in [0.5, 0.6) is 5.75 Å². The minimum atomic E-state index is -3.12. The van der Waals surface area contributed by atoms with E-state index < -0.39 is 10.0 Å². The molecule has 1 aromatic carbocycles. The van der Waals surface area contributed by atoms with E-state index in [0.29, 0.717) is 19.0 Å². The molecule has 0 aromatic heterocycles. The number of piperidine rings is 2. The van der Waals surface area contributed by atoms with Crippen LogP contribution in [0.3, 0.4) is 0 Å². The molecule has 0 spiro atoms. The Morgan fingerprint density at radius 2 is 1.88 bits per heavy atom. The maximum Gasteiger partial charge on any atom is 0.217 e. The summed E-state index contributed by atoms with van der Waals surface area (Å²) < 4.78 is 32.6. The summed E-state index contributed by atoms with van der Waals surface area (Å²) in [6.07, 6.45) is 4.37. The molecule has 0 aliphatic carbocycles. The molecule has 1 aromatic rings. The fraction of sp³-hybridized carbons (Fsp3) is 0.667. The summed E-state index contributed by atoms with van der Waals surface area (Å²) >= 11 is 0. The quantitative estimate of drug-likeness (QED) is 0.881. The number of benzene rings is 1. The van der Waals surface area contributed by atoms with Crippen molar-refractivity contribution in [3.63, 3.8) is 0 Å². The number of nitrogens with one attached hydrogen (secondary N) is 1. The average Bonchev–Trinajstić information content (AvgIpc) is 2.63. The van der Waals surface area contributed by atoms with Gasteiger partial charge in [0.2, 0.25) is 10.0 Å². The molecule has 2 fully saturated rings. The summed E-state index contributed by atoms with van der Waals surface area (Å²) in [6.45, 7) is 2.97. The largest absolute Gasteiger partial charge is 0.497 e. The molecule has 6 heteroatoms. The van der Waals surface area contributed by atoms with Gasteiger partial charge in [0.25, 0.3) is 0 Å². The Morgan fingerprint density at radius 1 is 1.17 bits per heavy atom. The van der Waals surface area contributed by atoms with E-state index in [1.54, 1.807) is 11.4 Å². The highest BCUT2D eigenvalue weighted by Gasteiger charge is 2.35. The lowest BCUT2D eigenvalue weighted by molar-refractivity contribution is 0.268. The summed E-state index contributed by atoms with van der Waals surface area (Å²) in [5.74, 6) is 1.44. The zero-order chi connectivity index (χ0) is 17.0. The van der Waals surface area contributed by atoms with Gasteiger partial charge in [0.05, 0.1) is 12.4 Å². The molecule has 5 nitrogen and oxygen atoms in total. The number of hydrogen-bond donors (Lipinski definition) is 1. The molecule has 0 amide bonds. The number of methoxy groups -OCH3 is 1. The van der Waals surface area contributed by atoms with Crippen LogP contribution in [0, 0.1) is 5.92 Å². The first-order chi connectivity index (χ1) is 11.6. The Morgan fingerprint density at radius 3 is 2.54 bits per heavy atom. The van der Waals surface area contributed by atoms with Crippen molar-refractivity contribution in [1.82, 2.24) is 9.62 Å². The van der Waals surface area contributed by atoms with Crippen molar-refractivity contribution in [2.75, 3.05) is 33.3 Å². The van der Waals surface area contributed by atoms with Crippen LogP contribution < -0.4 is 10.1 Å². The van der Waals surface area contributed by atoms with E-state index in [1.807, 2.05) is 12.1 Å². The van der Waals surface area contributed by atoms with Gasteiger partial charge in [-0.15, -0.1) is 0 Å².